The van der Waals surface area contributed by atoms with Gasteiger partial charge in [0.2, 0.25) is 0 Å². The lowest BCUT2D eigenvalue weighted by Crippen LogP contribution is -2.15. The molecule has 1 N–H and O–H groups in total. The van der Waals surface area contributed by atoms with E-state index in [1.165, 1.54) is 28.5 Å². The summed E-state index contributed by atoms with van der Waals surface area (Å²) in [5, 5.41) is 13.5. The summed E-state index contributed by atoms with van der Waals surface area (Å²) in [6.07, 6.45) is 4.34. The van der Waals surface area contributed by atoms with Crippen LogP contribution in [0.5, 0.6) is 0 Å². The van der Waals surface area contributed by atoms with Crippen LogP contribution in [0.1, 0.15) is 24.8 Å². The summed E-state index contributed by atoms with van der Waals surface area (Å²) >= 11 is 1.82. The number of aliphatic hydroxyl groups is 1. The molecule has 0 saturated heterocycles. The van der Waals surface area contributed by atoms with Crippen LogP contribution >= 0.6 is 11.3 Å². The number of fused-ring (bicyclic) bond motifs is 1. The maximum absolute atomic E-state index is 9.86. The van der Waals surface area contributed by atoms with E-state index < -0.39 is 0 Å². The highest BCUT2D eigenvalue weighted by molar-refractivity contribution is 7.17. The average Bonchev–Trinajstić information content (AvgIpc) is 2.88. The molecular formula is C14H16OS. The second-order valence-corrected chi connectivity index (χ2v) is 5.63. The second kappa shape index (κ2) is 4.19. The van der Waals surface area contributed by atoms with Crippen molar-refractivity contribution in [1.82, 2.24) is 0 Å². The van der Waals surface area contributed by atoms with Crippen molar-refractivity contribution < 1.29 is 5.11 Å². The van der Waals surface area contributed by atoms with E-state index in [4.69, 9.17) is 0 Å². The van der Waals surface area contributed by atoms with Gasteiger partial charge < -0.3 is 5.11 Å². The first-order valence-electron chi connectivity index (χ1n) is 5.98. The molecule has 2 unspecified atom stereocenters. The van der Waals surface area contributed by atoms with Crippen LogP contribution in [0.4, 0.5) is 0 Å². The van der Waals surface area contributed by atoms with Crippen molar-refractivity contribution in [2.75, 3.05) is 0 Å². The molecular weight excluding hydrogens is 216 g/mol. The van der Waals surface area contributed by atoms with Crippen molar-refractivity contribution in [3.63, 3.8) is 0 Å². The number of aliphatic hydroxyl groups excluding tert-OH is 1. The fourth-order valence-electron chi connectivity index (χ4n) is 2.73. The Hall–Kier alpha value is -0.860. The van der Waals surface area contributed by atoms with Gasteiger partial charge >= 0.3 is 0 Å². The number of hydrogen-bond donors (Lipinski definition) is 1. The topological polar surface area (TPSA) is 20.2 Å². The second-order valence-electron chi connectivity index (χ2n) is 4.72. The van der Waals surface area contributed by atoms with Crippen molar-refractivity contribution in [3.8, 4) is 0 Å². The first kappa shape index (κ1) is 10.3. The van der Waals surface area contributed by atoms with E-state index in [0.29, 0.717) is 5.92 Å². The Bertz CT molecular complexity index is 488. The lowest BCUT2D eigenvalue weighted by molar-refractivity contribution is 0.133. The van der Waals surface area contributed by atoms with Crippen LogP contribution in [-0.4, -0.2) is 11.2 Å². The van der Waals surface area contributed by atoms with E-state index in [-0.39, 0.29) is 6.10 Å². The van der Waals surface area contributed by atoms with Gasteiger partial charge in [0.05, 0.1) is 6.10 Å². The molecule has 2 aromatic rings. The van der Waals surface area contributed by atoms with Crippen molar-refractivity contribution in [1.29, 1.82) is 0 Å². The molecule has 0 spiro atoms. The van der Waals surface area contributed by atoms with Crippen molar-refractivity contribution in [3.05, 3.63) is 35.2 Å². The summed E-state index contributed by atoms with van der Waals surface area (Å²) in [6, 6.07) is 8.56. The average molecular weight is 232 g/mol. The normalized spacial score (nSPS) is 25.3. The Morgan fingerprint density at radius 1 is 1.25 bits per heavy atom. The minimum atomic E-state index is -0.0707. The molecule has 0 amide bonds. The summed E-state index contributed by atoms with van der Waals surface area (Å²) in [4.78, 5) is 0. The van der Waals surface area contributed by atoms with Gasteiger partial charge in [-0.2, -0.15) is 0 Å². The largest absolute Gasteiger partial charge is 0.393 e. The van der Waals surface area contributed by atoms with Gasteiger partial charge in [0.15, 0.2) is 0 Å². The monoisotopic (exact) mass is 232 g/mol. The highest BCUT2D eigenvalue weighted by atomic mass is 32.1. The molecule has 2 atom stereocenters. The minimum absolute atomic E-state index is 0.0707. The Balaban J connectivity index is 1.89. The van der Waals surface area contributed by atoms with Gasteiger partial charge in [-0.1, -0.05) is 24.6 Å². The molecule has 1 nitrogen and oxygen atoms in total. The summed E-state index contributed by atoms with van der Waals surface area (Å²) < 4.78 is 1.37. The van der Waals surface area contributed by atoms with Crippen molar-refractivity contribution >= 4 is 21.4 Å². The molecule has 1 aromatic heterocycles. The predicted octanol–water partition coefficient (Wildman–Crippen LogP) is 3.60. The van der Waals surface area contributed by atoms with E-state index in [9.17, 15) is 5.11 Å². The van der Waals surface area contributed by atoms with Gasteiger partial charge in [0.1, 0.15) is 0 Å². The van der Waals surface area contributed by atoms with Gasteiger partial charge in [-0.15, -0.1) is 11.3 Å². The van der Waals surface area contributed by atoms with Gasteiger partial charge in [0, 0.05) is 4.70 Å². The molecule has 3 rings (SSSR count). The molecule has 0 aliphatic heterocycles. The number of benzene rings is 1. The minimum Gasteiger partial charge on any atom is -0.393 e. The molecule has 1 heterocycles. The van der Waals surface area contributed by atoms with Crippen LogP contribution in [0.2, 0.25) is 0 Å². The van der Waals surface area contributed by atoms with Crippen LogP contribution in [0.25, 0.3) is 10.1 Å². The fourth-order valence-corrected chi connectivity index (χ4v) is 3.70. The van der Waals surface area contributed by atoms with Gasteiger partial charge in [-0.05, 0) is 47.6 Å². The first-order valence-corrected chi connectivity index (χ1v) is 6.86. The van der Waals surface area contributed by atoms with Crippen LogP contribution in [0, 0.1) is 5.92 Å². The third-order valence-corrected chi connectivity index (χ3v) is 4.67. The maximum atomic E-state index is 9.86. The Morgan fingerprint density at radius 2 is 2.12 bits per heavy atom. The summed E-state index contributed by atoms with van der Waals surface area (Å²) in [5.41, 5.74) is 1.42. The zero-order valence-corrected chi connectivity index (χ0v) is 10.0. The van der Waals surface area contributed by atoms with Crippen LogP contribution in [-0.2, 0) is 6.42 Å². The number of thiophene rings is 1. The number of rotatable bonds is 2. The smallest absolute Gasteiger partial charge is 0.0571 e. The van der Waals surface area contributed by atoms with Crippen molar-refractivity contribution in [2.45, 2.75) is 31.8 Å². The molecule has 0 radical (unpaired) electrons. The lowest BCUT2D eigenvalue weighted by atomic mass is 9.96. The molecule has 1 aliphatic carbocycles. The highest BCUT2D eigenvalue weighted by Crippen LogP contribution is 2.33. The first-order chi connectivity index (χ1) is 7.84. The fraction of sp³-hybridized carbons (Fsp3) is 0.429. The summed E-state index contributed by atoms with van der Waals surface area (Å²) in [6.45, 7) is 0. The molecule has 1 aliphatic rings. The molecule has 1 aromatic carbocycles. The zero-order chi connectivity index (χ0) is 11.0. The Morgan fingerprint density at radius 3 is 2.94 bits per heavy atom. The Kier molecular flexibility index (Phi) is 2.70. The molecule has 2 heteroatoms. The molecule has 84 valence electrons. The van der Waals surface area contributed by atoms with Gasteiger partial charge in [-0.3, -0.25) is 0 Å². The van der Waals surface area contributed by atoms with Crippen LogP contribution < -0.4 is 0 Å². The molecule has 16 heavy (non-hydrogen) atoms. The molecule has 1 saturated carbocycles. The zero-order valence-electron chi connectivity index (χ0n) is 9.23. The molecule has 0 bridgehead atoms. The SMILES string of the molecule is OC1CCCC1Cc1csc2ccccc12. The van der Waals surface area contributed by atoms with E-state index >= 15 is 0 Å². The predicted molar refractivity (Wildman–Crippen MR) is 68.9 cm³/mol. The highest BCUT2D eigenvalue weighted by Gasteiger charge is 2.25. The quantitative estimate of drug-likeness (QED) is 0.838. The van der Waals surface area contributed by atoms with E-state index in [2.05, 4.69) is 29.6 Å². The standard InChI is InChI=1S/C14H16OS/c15-13-6-3-4-10(13)8-11-9-16-14-7-2-1-5-12(11)14/h1-2,5,7,9-10,13,15H,3-4,6,8H2. The third-order valence-electron chi connectivity index (χ3n) is 3.66. The van der Waals surface area contributed by atoms with Crippen LogP contribution in [0.15, 0.2) is 29.6 Å². The lowest BCUT2D eigenvalue weighted by Gasteiger charge is -2.13. The number of hydrogen-bond acceptors (Lipinski definition) is 2. The maximum Gasteiger partial charge on any atom is 0.0571 e. The third kappa shape index (κ3) is 1.76. The van der Waals surface area contributed by atoms with E-state index in [0.717, 1.165) is 12.8 Å². The Labute approximate surface area is 99.7 Å². The van der Waals surface area contributed by atoms with Gasteiger partial charge in [-0.25, -0.2) is 0 Å². The summed E-state index contributed by atoms with van der Waals surface area (Å²) in [5.74, 6) is 0.484. The van der Waals surface area contributed by atoms with E-state index in [1.807, 2.05) is 11.3 Å². The van der Waals surface area contributed by atoms with Crippen molar-refractivity contribution in [2.24, 2.45) is 5.92 Å². The van der Waals surface area contributed by atoms with Crippen LogP contribution in [0.3, 0.4) is 0 Å². The van der Waals surface area contributed by atoms with E-state index in [1.54, 1.807) is 0 Å². The van der Waals surface area contributed by atoms with Gasteiger partial charge in [0.25, 0.3) is 0 Å². The summed E-state index contributed by atoms with van der Waals surface area (Å²) in [7, 11) is 0. The molecule has 1 fully saturated rings.